The van der Waals surface area contributed by atoms with Gasteiger partial charge in [-0.15, -0.1) is 0 Å². The van der Waals surface area contributed by atoms with Crippen LogP contribution in [0.2, 0.25) is 0 Å². The fraction of sp³-hybridized carbons (Fsp3) is 0.909. The molecule has 0 fully saturated rings. The minimum absolute atomic E-state index is 0.122. The van der Waals surface area contributed by atoms with Gasteiger partial charge < -0.3 is 9.64 Å². The van der Waals surface area contributed by atoms with Crippen LogP contribution in [0.1, 0.15) is 103 Å². The number of nitrogens with zero attached hydrogens (tertiary/aromatic N) is 2. The van der Waals surface area contributed by atoms with Crippen LogP contribution in [0.4, 0.5) is 0 Å². The van der Waals surface area contributed by atoms with Crippen LogP contribution in [-0.4, -0.2) is 43.4 Å². The highest BCUT2D eigenvalue weighted by Gasteiger charge is 2.11. The Labute approximate surface area is 161 Å². The molecule has 0 aliphatic carbocycles. The standard InChI is InChI=1S/C22H42N2O2/c1-2-3-4-5-6-7-8-9-10-11-12-13-14-15-16-19-26-22(25)20-24-18-17-23-21-24/h21H,2-20H2,1H3. The summed E-state index contributed by atoms with van der Waals surface area (Å²) in [5, 5.41) is 0. The van der Waals surface area contributed by atoms with Crippen LogP contribution < -0.4 is 0 Å². The molecule has 0 spiro atoms. The first-order valence-electron chi connectivity index (χ1n) is 11.2. The lowest BCUT2D eigenvalue weighted by Crippen LogP contribution is -2.28. The van der Waals surface area contributed by atoms with Crippen molar-refractivity contribution in [2.24, 2.45) is 4.99 Å². The number of aliphatic imine (C=N–C) groups is 1. The molecule has 0 amide bonds. The molecule has 0 aromatic carbocycles. The maximum absolute atomic E-state index is 11.6. The van der Waals surface area contributed by atoms with Crippen molar-refractivity contribution in [2.45, 2.75) is 103 Å². The highest BCUT2D eigenvalue weighted by Crippen LogP contribution is 2.13. The summed E-state index contributed by atoms with van der Waals surface area (Å²) >= 11 is 0. The highest BCUT2D eigenvalue weighted by atomic mass is 16.5. The molecule has 26 heavy (non-hydrogen) atoms. The van der Waals surface area contributed by atoms with Crippen molar-refractivity contribution in [3.63, 3.8) is 0 Å². The van der Waals surface area contributed by atoms with E-state index < -0.39 is 0 Å². The quantitative estimate of drug-likeness (QED) is 0.229. The van der Waals surface area contributed by atoms with Gasteiger partial charge in [-0.25, -0.2) is 0 Å². The van der Waals surface area contributed by atoms with E-state index in [1.165, 1.54) is 89.9 Å². The fourth-order valence-electron chi connectivity index (χ4n) is 3.41. The smallest absolute Gasteiger partial charge is 0.325 e. The van der Waals surface area contributed by atoms with Gasteiger partial charge in [0.15, 0.2) is 0 Å². The topological polar surface area (TPSA) is 41.9 Å². The maximum Gasteiger partial charge on any atom is 0.325 e. The van der Waals surface area contributed by atoms with Gasteiger partial charge in [0.1, 0.15) is 6.54 Å². The van der Waals surface area contributed by atoms with Crippen molar-refractivity contribution in [1.82, 2.24) is 4.90 Å². The molecule has 0 aromatic heterocycles. The van der Waals surface area contributed by atoms with Gasteiger partial charge in [0, 0.05) is 6.54 Å². The summed E-state index contributed by atoms with van der Waals surface area (Å²) in [6.07, 6.45) is 22.1. The van der Waals surface area contributed by atoms with Crippen molar-refractivity contribution in [3.8, 4) is 0 Å². The maximum atomic E-state index is 11.6. The van der Waals surface area contributed by atoms with Crippen LogP contribution in [0.25, 0.3) is 0 Å². The molecule has 0 N–H and O–H groups in total. The van der Waals surface area contributed by atoms with Gasteiger partial charge in [-0.2, -0.15) is 0 Å². The highest BCUT2D eigenvalue weighted by molar-refractivity contribution is 5.75. The second-order valence-corrected chi connectivity index (χ2v) is 7.66. The van der Waals surface area contributed by atoms with E-state index in [-0.39, 0.29) is 5.97 Å². The molecule has 1 aliphatic rings. The third kappa shape index (κ3) is 14.1. The summed E-state index contributed by atoms with van der Waals surface area (Å²) in [6, 6.07) is 0. The first kappa shape index (κ1) is 23.0. The number of carbonyl (C=O) groups is 1. The number of carbonyl (C=O) groups excluding carboxylic acids is 1. The molecule has 1 rings (SSSR count). The van der Waals surface area contributed by atoms with Crippen molar-refractivity contribution in [1.29, 1.82) is 0 Å². The molecule has 4 heteroatoms. The van der Waals surface area contributed by atoms with Crippen LogP contribution in [0.3, 0.4) is 0 Å². The van der Waals surface area contributed by atoms with E-state index >= 15 is 0 Å². The van der Waals surface area contributed by atoms with E-state index in [9.17, 15) is 4.79 Å². The van der Waals surface area contributed by atoms with E-state index in [4.69, 9.17) is 4.74 Å². The summed E-state index contributed by atoms with van der Waals surface area (Å²) in [6.45, 7) is 4.84. The number of rotatable bonds is 18. The van der Waals surface area contributed by atoms with E-state index in [1.807, 2.05) is 4.90 Å². The Bertz CT molecular complexity index is 358. The van der Waals surface area contributed by atoms with Crippen molar-refractivity contribution in [3.05, 3.63) is 0 Å². The zero-order chi connectivity index (χ0) is 18.7. The van der Waals surface area contributed by atoms with Crippen molar-refractivity contribution >= 4 is 12.3 Å². The Hall–Kier alpha value is -1.06. The number of hydrogen-bond donors (Lipinski definition) is 0. The summed E-state index contributed by atoms with van der Waals surface area (Å²) < 4.78 is 5.28. The van der Waals surface area contributed by atoms with Crippen molar-refractivity contribution < 1.29 is 9.53 Å². The van der Waals surface area contributed by atoms with Crippen molar-refractivity contribution in [2.75, 3.05) is 26.2 Å². The predicted molar refractivity (Wildman–Crippen MR) is 111 cm³/mol. The van der Waals surface area contributed by atoms with E-state index in [0.717, 1.165) is 19.5 Å². The molecule has 0 atom stereocenters. The first-order valence-corrected chi connectivity index (χ1v) is 11.2. The van der Waals surface area contributed by atoms with E-state index in [2.05, 4.69) is 11.9 Å². The fourth-order valence-corrected chi connectivity index (χ4v) is 3.41. The molecule has 0 bridgehead atoms. The van der Waals surface area contributed by atoms with Crippen LogP contribution in [0.5, 0.6) is 0 Å². The van der Waals surface area contributed by atoms with Gasteiger partial charge in [-0.3, -0.25) is 9.79 Å². The van der Waals surface area contributed by atoms with Gasteiger partial charge in [0.25, 0.3) is 0 Å². The Kier molecular flexibility index (Phi) is 15.3. The molecule has 0 saturated heterocycles. The lowest BCUT2D eigenvalue weighted by molar-refractivity contribution is -0.144. The average Bonchev–Trinajstić information content (AvgIpc) is 3.14. The molecule has 0 saturated carbocycles. The van der Waals surface area contributed by atoms with Crippen LogP contribution in [0.15, 0.2) is 4.99 Å². The third-order valence-electron chi connectivity index (χ3n) is 5.10. The van der Waals surface area contributed by atoms with Gasteiger partial charge >= 0.3 is 5.97 Å². The monoisotopic (exact) mass is 366 g/mol. The van der Waals surface area contributed by atoms with Gasteiger partial charge in [0.05, 0.1) is 19.5 Å². The summed E-state index contributed by atoms with van der Waals surface area (Å²) in [7, 11) is 0. The van der Waals surface area contributed by atoms with Gasteiger partial charge in [-0.05, 0) is 6.42 Å². The zero-order valence-electron chi connectivity index (χ0n) is 17.2. The Morgan fingerprint density at radius 1 is 0.846 bits per heavy atom. The Morgan fingerprint density at radius 3 is 1.81 bits per heavy atom. The summed E-state index contributed by atoms with van der Waals surface area (Å²) in [5.41, 5.74) is 0. The first-order chi connectivity index (χ1) is 12.8. The lowest BCUT2D eigenvalue weighted by atomic mass is 10.0. The molecule has 152 valence electrons. The number of unbranched alkanes of at least 4 members (excludes halogenated alkanes) is 14. The lowest BCUT2D eigenvalue weighted by Gasteiger charge is -2.12. The molecule has 1 heterocycles. The summed E-state index contributed by atoms with van der Waals surface area (Å²) in [5.74, 6) is -0.122. The second kappa shape index (κ2) is 17.4. The van der Waals surface area contributed by atoms with E-state index in [0.29, 0.717) is 13.2 Å². The average molecular weight is 367 g/mol. The molecule has 4 nitrogen and oxygen atoms in total. The van der Waals surface area contributed by atoms with E-state index in [1.54, 1.807) is 6.34 Å². The minimum atomic E-state index is -0.122. The Balaban J connectivity index is 1.70. The Morgan fingerprint density at radius 2 is 1.35 bits per heavy atom. The van der Waals surface area contributed by atoms with Gasteiger partial charge in [0.2, 0.25) is 0 Å². The molecule has 1 aliphatic heterocycles. The van der Waals surface area contributed by atoms with Gasteiger partial charge in [-0.1, -0.05) is 96.8 Å². The number of hydrogen-bond acceptors (Lipinski definition) is 4. The molecule has 0 unspecified atom stereocenters. The second-order valence-electron chi connectivity index (χ2n) is 7.66. The predicted octanol–water partition coefficient (Wildman–Crippen LogP) is 5.74. The summed E-state index contributed by atoms with van der Waals surface area (Å²) in [4.78, 5) is 17.6. The molecular weight excluding hydrogens is 324 g/mol. The minimum Gasteiger partial charge on any atom is -0.464 e. The SMILES string of the molecule is CCCCCCCCCCCCCCCCCOC(=O)CN1C=NCC1. The van der Waals surface area contributed by atoms with Crippen LogP contribution in [0, 0.1) is 0 Å². The zero-order valence-corrected chi connectivity index (χ0v) is 17.2. The molecular formula is C22H42N2O2. The number of ether oxygens (including phenoxy) is 1. The number of esters is 1. The largest absolute Gasteiger partial charge is 0.464 e. The third-order valence-corrected chi connectivity index (χ3v) is 5.10. The van der Waals surface area contributed by atoms with Crippen LogP contribution in [-0.2, 0) is 9.53 Å². The van der Waals surface area contributed by atoms with Crippen LogP contribution >= 0.6 is 0 Å². The molecule has 0 aromatic rings. The molecule has 0 radical (unpaired) electrons. The normalized spacial score (nSPS) is 13.5.